The first-order chi connectivity index (χ1) is 12.7. The summed E-state index contributed by atoms with van der Waals surface area (Å²) in [6, 6.07) is 15.6. The van der Waals surface area contributed by atoms with Crippen LogP contribution in [-0.4, -0.2) is 50.9 Å². The number of piperazine rings is 1. The van der Waals surface area contributed by atoms with Crippen molar-refractivity contribution in [2.45, 2.75) is 6.42 Å². The molecule has 2 aromatic carbocycles. The number of methoxy groups -OCH3 is 1. The van der Waals surface area contributed by atoms with Crippen LogP contribution in [0.2, 0.25) is 5.02 Å². The summed E-state index contributed by atoms with van der Waals surface area (Å²) in [5, 5.41) is 0.738. The summed E-state index contributed by atoms with van der Waals surface area (Å²) in [4.78, 5) is 16.2. The predicted molar refractivity (Wildman–Crippen MR) is 103 cm³/mol. The van der Waals surface area contributed by atoms with Gasteiger partial charge in [0, 0.05) is 32.6 Å². The molecule has 0 unspecified atom stereocenters. The predicted octanol–water partition coefficient (Wildman–Crippen LogP) is 3.85. The van der Waals surface area contributed by atoms with Crippen LogP contribution in [0.15, 0.2) is 48.5 Å². The van der Waals surface area contributed by atoms with Crippen molar-refractivity contribution >= 4 is 23.4 Å². The van der Waals surface area contributed by atoms with E-state index in [4.69, 9.17) is 21.1 Å². The minimum Gasteiger partial charge on any atom is -0.497 e. The van der Waals surface area contributed by atoms with Gasteiger partial charge in [-0.3, -0.25) is 0 Å². The van der Waals surface area contributed by atoms with E-state index in [1.807, 2.05) is 48.5 Å². The molecule has 0 saturated carbocycles. The number of rotatable bonds is 5. The first kappa shape index (κ1) is 18.4. The number of carbonyl (C=O) groups is 1. The molecule has 138 valence electrons. The minimum absolute atomic E-state index is 0.258. The molecule has 1 aliphatic rings. The summed E-state index contributed by atoms with van der Waals surface area (Å²) in [5.74, 6) is 0.810. The molecule has 0 aromatic heterocycles. The van der Waals surface area contributed by atoms with E-state index in [1.54, 1.807) is 12.0 Å². The molecular formula is C20H23ClN2O3. The summed E-state index contributed by atoms with van der Waals surface area (Å²) in [5.41, 5.74) is 2.10. The van der Waals surface area contributed by atoms with Crippen molar-refractivity contribution in [3.63, 3.8) is 0 Å². The Morgan fingerprint density at radius 2 is 1.85 bits per heavy atom. The molecule has 5 nitrogen and oxygen atoms in total. The third-order valence-corrected chi connectivity index (χ3v) is 4.80. The lowest BCUT2D eigenvalue weighted by atomic mass is 10.1. The van der Waals surface area contributed by atoms with Crippen molar-refractivity contribution in [2.24, 2.45) is 0 Å². The van der Waals surface area contributed by atoms with Crippen LogP contribution in [0.25, 0.3) is 0 Å². The second kappa shape index (κ2) is 8.81. The number of amides is 1. The second-order valence-electron chi connectivity index (χ2n) is 6.14. The molecule has 1 aliphatic heterocycles. The fourth-order valence-electron chi connectivity index (χ4n) is 3.01. The highest BCUT2D eigenvalue weighted by atomic mass is 35.5. The number of hydrogen-bond donors (Lipinski definition) is 0. The molecule has 1 amide bonds. The van der Waals surface area contributed by atoms with Crippen LogP contribution in [0.1, 0.15) is 5.56 Å². The summed E-state index contributed by atoms with van der Waals surface area (Å²) >= 11 is 6.25. The van der Waals surface area contributed by atoms with Gasteiger partial charge in [0.1, 0.15) is 5.75 Å². The first-order valence-electron chi connectivity index (χ1n) is 8.71. The quantitative estimate of drug-likeness (QED) is 0.797. The largest absolute Gasteiger partial charge is 0.497 e. The van der Waals surface area contributed by atoms with Gasteiger partial charge in [-0.15, -0.1) is 0 Å². The van der Waals surface area contributed by atoms with Crippen molar-refractivity contribution in [1.29, 1.82) is 0 Å². The Morgan fingerprint density at radius 1 is 1.08 bits per heavy atom. The summed E-state index contributed by atoms with van der Waals surface area (Å²) in [6.45, 7) is 3.10. The van der Waals surface area contributed by atoms with Crippen LogP contribution in [0, 0.1) is 0 Å². The maximum atomic E-state index is 12.3. The Bertz CT molecular complexity index is 745. The van der Waals surface area contributed by atoms with E-state index >= 15 is 0 Å². The topological polar surface area (TPSA) is 42.0 Å². The number of halogens is 1. The number of para-hydroxylation sites is 1. The highest BCUT2D eigenvalue weighted by Crippen LogP contribution is 2.26. The number of anilines is 1. The van der Waals surface area contributed by atoms with E-state index in [0.717, 1.165) is 35.1 Å². The number of nitrogens with zero attached hydrogens (tertiary/aromatic N) is 2. The molecule has 2 aromatic rings. The highest BCUT2D eigenvalue weighted by Gasteiger charge is 2.23. The first-order valence-corrected chi connectivity index (χ1v) is 9.09. The maximum absolute atomic E-state index is 12.3. The van der Waals surface area contributed by atoms with Gasteiger partial charge in [-0.1, -0.05) is 35.9 Å². The zero-order valence-corrected chi connectivity index (χ0v) is 15.6. The molecule has 1 heterocycles. The van der Waals surface area contributed by atoms with Crippen LogP contribution >= 0.6 is 11.6 Å². The molecule has 0 atom stereocenters. The summed E-state index contributed by atoms with van der Waals surface area (Å²) in [6.07, 6.45) is 0.411. The van der Waals surface area contributed by atoms with Crippen LogP contribution in [0.5, 0.6) is 5.75 Å². The Balaban J connectivity index is 1.44. The van der Waals surface area contributed by atoms with E-state index in [2.05, 4.69) is 4.90 Å². The lowest BCUT2D eigenvalue weighted by Crippen LogP contribution is -2.49. The van der Waals surface area contributed by atoms with Crippen molar-refractivity contribution in [1.82, 2.24) is 4.90 Å². The SMILES string of the molecule is COc1cccc(CCOC(=O)N2CCN(c3ccccc3Cl)CC2)c1. The summed E-state index contributed by atoms with van der Waals surface area (Å²) < 4.78 is 10.6. The van der Waals surface area contributed by atoms with Crippen molar-refractivity contribution in [2.75, 3.05) is 44.8 Å². The summed E-state index contributed by atoms with van der Waals surface area (Å²) in [7, 11) is 1.64. The minimum atomic E-state index is -0.258. The molecule has 0 bridgehead atoms. The van der Waals surface area contributed by atoms with Crippen LogP contribution in [0.4, 0.5) is 10.5 Å². The van der Waals surface area contributed by atoms with Gasteiger partial charge in [-0.2, -0.15) is 0 Å². The van der Waals surface area contributed by atoms with Crippen LogP contribution < -0.4 is 9.64 Å². The van der Waals surface area contributed by atoms with Crippen molar-refractivity contribution in [3.05, 3.63) is 59.1 Å². The van der Waals surface area contributed by atoms with Crippen LogP contribution in [-0.2, 0) is 11.2 Å². The van der Waals surface area contributed by atoms with Crippen molar-refractivity contribution < 1.29 is 14.3 Å². The molecule has 0 N–H and O–H groups in total. The van der Waals surface area contributed by atoms with Crippen molar-refractivity contribution in [3.8, 4) is 5.75 Å². The van der Waals surface area contributed by atoms with Gasteiger partial charge in [0.05, 0.1) is 24.4 Å². The average Bonchev–Trinajstić information content (AvgIpc) is 2.68. The number of ether oxygens (including phenoxy) is 2. The zero-order chi connectivity index (χ0) is 18.4. The molecule has 0 spiro atoms. The van der Waals surface area contributed by atoms with Gasteiger partial charge >= 0.3 is 6.09 Å². The third-order valence-electron chi connectivity index (χ3n) is 4.48. The Kier molecular flexibility index (Phi) is 6.23. The fraction of sp³-hybridized carbons (Fsp3) is 0.350. The lowest BCUT2D eigenvalue weighted by Gasteiger charge is -2.35. The number of hydrogen-bond acceptors (Lipinski definition) is 4. The average molecular weight is 375 g/mol. The molecule has 3 rings (SSSR count). The van der Waals surface area contributed by atoms with E-state index in [0.29, 0.717) is 26.1 Å². The van der Waals surface area contributed by atoms with E-state index in [9.17, 15) is 4.79 Å². The Morgan fingerprint density at radius 3 is 2.58 bits per heavy atom. The van der Waals surface area contributed by atoms with E-state index in [-0.39, 0.29) is 6.09 Å². The maximum Gasteiger partial charge on any atom is 0.409 e. The fourth-order valence-corrected chi connectivity index (χ4v) is 3.27. The lowest BCUT2D eigenvalue weighted by molar-refractivity contribution is 0.101. The Labute approximate surface area is 159 Å². The molecule has 26 heavy (non-hydrogen) atoms. The van der Waals surface area contributed by atoms with E-state index < -0.39 is 0 Å². The molecule has 0 aliphatic carbocycles. The van der Waals surface area contributed by atoms with E-state index in [1.165, 1.54) is 0 Å². The van der Waals surface area contributed by atoms with Gasteiger partial charge in [0.15, 0.2) is 0 Å². The number of carbonyl (C=O) groups excluding carboxylic acids is 1. The molecule has 1 saturated heterocycles. The second-order valence-corrected chi connectivity index (χ2v) is 6.55. The monoisotopic (exact) mass is 374 g/mol. The normalized spacial score (nSPS) is 14.2. The molecule has 6 heteroatoms. The van der Waals surface area contributed by atoms with Gasteiger partial charge in [0.25, 0.3) is 0 Å². The molecule has 0 radical (unpaired) electrons. The van der Waals surface area contributed by atoms with Gasteiger partial charge in [0.2, 0.25) is 0 Å². The highest BCUT2D eigenvalue weighted by molar-refractivity contribution is 6.33. The van der Waals surface area contributed by atoms with Gasteiger partial charge in [-0.05, 0) is 29.8 Å². The number of benzene rings is 2. The zero-order valence-electron chi connectivity index (χ0n) is 14.9. The third kappa shape index (κ3) is 4.61. The Hall–Kier alpha value is -2.40. The molecular weight excluding hydrogens is 352 g/mol. The van der Waals surface area contributed by atoms with Gasteiger partial charge < -0.3 is 19.3 Å². The standard InChI is InChI=1S/C20H23ClN2O3/c1-25-17-6-4-5-16(15-17)9-14-26-20(24)23-12-10-22(11-13-23)19-8-3-2-7-18(19)21/h2-8,15H,9-14H2,1H3. The van der Waals surface area contributed by atoms with Gasteiger partial charge in [-0.25, -0.2) is 4.79 Å². The molecule has 1 fully saturated rings. The van der Waals surface area contributed by atoms with Crippen LogP contribution in [0.3, 0.4) is 0 Å². The smallest absolute Gasteiger partial charge is 0.409 e.